The van der Waals surface area contributed by atoms with Crippen molar-refractivity contribution in [1.29, 1.82) is 0 Å². The van der Waals surface area contributed by atoms with Crippen molar-refractivity contribution in [1.82, 2.24) is 0 Å². The zero-order valence-electron chi connectivity index (χ0n) is 23.4. The Morgan fingerprint density at radius 2 is 1.23 bits per heavy atom. The van der Waals surface area contributed by atoms with Gasteiger partial charge in [0, 0.05) is 11.7 Å². The first-order valence-corrected chi connectivity index (χ1v) is 15.3. The largest absolute Gasteiger partial charge is 0.378 e. The second kappa shape index (κ2) is 10.2. The molecule has 1 nitrogen and oxygen atoms in total. The molecule has 0 radical (unpaired) electrons. The summed E-state index contributed by atoms with van der Waals surface area (Å²) < 4.78 is 0. The van der Waals surface area contributed by atoms with Crippen LogP contribution in [-0.4, -0.2) is 6.04 Å². The van der Waals surface area contributed by atoms with Crippen LogP contribution >= 0.6 is 0 Å². The van der Waals surface area contributed by atoms with E-state index in [2.05, 4.69) is 98.0 Å². The number of hydrogen-bond acceptors (Lipinski definition) is 1. The lowest BCUT2D eigenvalue weighted by molar-refractivity contribution is 0.713. The number of unbranched alkanes of at least 4 members (excludes halogenated alkanes) is 4. The van der Waals surface area contributed by atoms with Gasteiger partial charge in [0.2, 0.25) is 0 Å². The Kier molecular flexibility index (Phi) is 6.39. The maximum Gasteiger partial charge on any atom is 0.0488 e. The highest BCUT2D eigenvalue weighted by atomic mass is 14.9. The molecule has 1 unspecified atom stereocenters. The fourth-order valence-corrected chi connectivity index (χ4v) is 7.31. The number of rotatable bonds is 10. The number of allylic oxidation sites excluding steroid dienone is 2. The minimum atomic E-state index is 0.312. The van der Waals surface area contributed by atoms with Gasteiger partial charge in [0.15, 0.2) is 0 Å². The SMILES string of the molecule is CCCCCc1ccc(CCCCC)c2c1-c1ccc3c4c(ccc-2c14)C1=C3C=CC(Nc2ccccc2)C1. The van der Waals surface area contributed by atoms with E-state index < -0.39 is 0 Å². The number of nitrogens with one attached hydrogen (secondary N) is 1. The van der Waals surface area contributed by atoms with Crippen LogP contribution in [0, 0.1) is 0 Å². The van der Waals surface area contributed by atoms with Gasteiger partial charge in [-0.25, -0.2) is 0 Å². The molecule has 1 atom stereocenters. The minimum Gasteiger partial charge on any atom is -0.378 e. The summed E-state index contributed by atoms with van der Waals surface area (Å²) in [7, 11) is 0. The molecule has 0 amide bonds. The second-order valence-corrected chi connectivity index (χ2v) is 11.7. The summed E-state index contributed by atoms with van der Waals surface area (Å²) >= 11 is 0. The molecule has 0 heterocycles. The van der Waals surface area contributed by atoms with E-state index in [1.54, 1.807) is 22.3 Å². The van der Waals surface area contributed by atoms with Gasteiger partial charge in [0.25, 0.3) is 0 Å². The van der Waals surface area contributed by atoms with Crippen LogP contribution < -0.4 is 5.32 Å². The number of fused-ring (bicyclic) bond motifs is 5. The molecule has 39 heavy (non-hydrogen) atoms. The van der Waals surface area contributed by atoms with Crippen molar-refractivity contribution in [3.8, 4) is 22.3 Å². The standard InChI is InChI=1S/C38H39N/c1-3-5-8-12-25-16-17-26(13-9-6-4-2)36-33-23-21-31-34-24-28(39-27-14-10-7-11-15-27)18-19-29(34)30-20-22-32(35(25)36)38(33)37(30)31/h7,10-11,14-23,28,39H,3-6,8-9,12-13,24H2,1-2H3. The van der Waals surface area contributed by atoms with Crippen LogP contribution in [0.2, 0.25) is 0 Å². The van der Waals surface area contributed by atoms with Crippen LogP contribution in [0.25, 0.3) is 44.2 Å². The fraction of sp³-hybridized carbons (Fsp3) is 0.316. The average Bonchev–Trinajstić information content (AvgIpc) is 3.47. The zero-order valence-corrected chi connectivity index (χ0v) is 23.4. The molecule has 3 aliphatic rings. The van der Waals surface area contributed by atoms with Gasteiger partial charge in [-0.2, -0.15) is 0 Å². The highest BCUT2D eigenvalue weighted by Gasteiger charge is 2.33. The first-order valence-electron chi connectivity index (χ1n) is 15.3. The van der Waals surface area contributed by atoms with Crippen molar-refractivity contribution in [2.75, 3.05) is 5.32 Å². The van der Waals surface area contributed by atoms with E-state index in [-0.39, 0.29) is 0 Å². The third-order valence-electron chi connectivity index (χ3n) is 9.16. The van der Waals surface area contributed by atoms with Crippen molar-refractivity contribution in [3.63, 3.8) is 0 Å². The van der Waals surface area contributed by atoms with E-state index in [0.29, 0.717) is 6.04 Å². The Labute approximate surface area is 233 Å². The summed E-state index contributed by atoms with van der Waals surface area (Å²) in [6.07, 6.45) is 15.8. The van der Waals surface area contributed by atoms with Crippen LogP contribution in [0.5, 0.6) is 0 Å². The number of anilines is 1. The van der Waals surface area contributed by atoms with Gasteiger partial charge in [-0.05, 0) is 111 Å². The molecule has 1 N–H and O–H groups in total. The summed E-state index contributed by atoms with van der Waals surface area (Å²) in [5.74, 6) is 0. The lowest BCUT2D eigenvalue weighted by Gasteiger charge is -2.22. The predicted molar refractivity (Wildman–Crippen MR) is 169 cm³/mol. The summed E-state index contributed by atoms with van der Waals surface area (Å²) in [6.45, 7) is 4.61. The third kappa shape index (κ3) is 4.06. The van der Waals surface area contributed by atoms with Crippen LogP contribution in [0.4, 0.5) is 5.69 Å². The lowest BCUT2D eigenvalue weighted by Crippen LogP contribution is -2.19. The summed E-state index contributed by atoms with van der Waals surface area (Å²) in [5.41, 5.74) is 16.2. The first-order chi connectivity index (χ1) is 19.3. The topological polar surface area (TPSA) is 12.0 Å². The van der Waals surface area contributed by atoms with E-state index in [1.807, 2.05) is 0 Å². The third-order valence-corrected chi connectivity index (χ3v) is 9.16. The molecule has 7 rings (SSSR count). The molecule has 1 heteroatoms. The van der Waals surface area contributed by atoms with Gasteiger partial charge in [-0.15, -0.1) is 0 Å². The number of benzene rings is 4. The zero-order chi connectivity index (χ0) is 26.3. The quantitative estimate of drug-likeness (QED) is 0.185. The molecule has 4 aromatic carbocycles. The number of hydrogen-bond donors (Lipinski definition) is 1. The highest BCUT2D eigenvalue weighted by Crippen LogP contribution is 2.56. The normalized spacial score (nSPS) is 16.2. The van der Waals surface area contributed by atoms with Crippen LogP contribution in [0.1, 0.15) is 81.0 Å². The van der Waals surface area contributed by atoms with E-state index in [4.69, 9.17) is 0 Å². The second-order valence-electron chi connectivity index (χ2n) is 11.7. The Hall–Kier alpha value is -3.58. The molecule has 196 valence electrons. The van der Waals surface area contributed by atoms with E-state index >= 15 is 0 Å². The Morgan fingerprint density at radius 3 is 1.87 bits per heavy atom. The molecular weight excluding hydrogens is 470 g/mol. The van der Waals surface area contributed by atoms with E-state index in [0.717, 1.165) is 6.42 Å². The van der Waals surface area contributed by atoms with Crippen molar-refractivity contribution in [2.45, 2.75) is 77.7 Å². The summed E-state index contributed by atoms with van der Waals surface area (Å²) in [5, 5.41) is 6.75. The molecule has 0 fully saturated rings. The van der Waals surface area contributed by atoms with Crippen molar-refractivity contribution < 1.29 is 0 Å². The maximum absolute atomic E-state index is 3.74. The fourth-order valence-electron chi connectivity index (χ4n) is 7.31. The highest BCUT2D eigenvalue weighted by molar-refractivity contribution is 6.26. The molecule has 0 saturated carbocycles. The van der Waals surface area contributed by atoms with Crippen molar-refractivity contribution >= 4 is 27.6 Å². The number of aryl methyl sites for hydroxylation is 2. The van der Waals surface area contributed by atoms with Gasteiger partial charge in [-0.1, -0.05) is 106 Å². The summed E-state index contributed by atoms with van der Waals surface area (Å²) in [4.78, 5) is 0. The molecule has 0 bridgehead atoms. The van der Waals surface area contributed by atoms with Gasteiger partial charge in [0.05, 0.1) is 0 Å². The minimum absolute atomic E-state index is 0.312. The van der Waals surface area contributed by atoms with Crippen LogP contribution in [0.3, 0.4) is 0 Å². The molecule has 0 spiro atoms. The Morgan fingerprint density at radius 1 is 0.641 bits per heavy atom. The van der Waals surface area contributed by atoms with Crippen LogP contribution in [-0.2, 0) is 12.8 Å². The summed E-state index contributed by atoms with van der Waals surface area (Å²) in [6, 6.07) is 25.6. The Bertz CT molecular complexity index is 1580. The predicted octanol–water partition coefficient (Wildman–Crippen LogP) is 10.6. The lowest BCUT2D eigenvalue weighted by atomic mass is 9.88. The smallest absolute Gasteiger partial charge is 0.0488 e. The average molecular weight is 510 g/mol. The van der Waals surface area contributed by atoms with Gasteiger partial charge in [-0.3, -0.25) is 0 Å². The van der Waals surface area contributed by atoms with Crippen molar-refractivity contribution in [2.24, 2.45) is 0 Å². The molecule has 0 saturated heterocycles. The Balaban J connectivity index is 1.31. The molecule has 3 aliphatic carbocycles. The van der Waals surface area contributed by atoms with Gasteiger partial charge >= 0.3 is 0 Å². The molecule has 4 aromatic rings. The van der Waals surface area contributed by atoms with Gasteiger partial charge < -0.3 is 5.32 Å². The monoisotopic (exact) mass is 509 g/mol. The van der Waals surface area contributed by atoms with E-state index in [9.17, 15) is 0 Å². The first kappa shape index (κ1) is 24.5. The van der Waals surface area contributed by atoms with Crippen molar-refractivity contribution in [3.05, 3.63) is 101 Å². The molecule has 0 aliphatic heterocycles. The maximum atomic E-state index is 3.74. The van der Waals surface area contributed by atoms with Gasteiger partial charge in [0.1, 0.15) is 0 Å². The number of para-hydroxylation sites is 1. The molecular formula is C38H39N. The van der Waals surface area contributed by atoms with E-state index in [1.165, 1.54) is 101 Å². The molecule has 0 aromatic heterocycles. The van der Waals surface area contributed by atoms with Crippen LogP contribution in [0.15, 0.2) is 78.9 Å².